The molecule has 5 heteroatoms. The van der Waals surface area contributed by atoms with E-state index in [2.05, 4.69) is 21.0 Å². The van der Waals surface area contributed by atoms with Gasteiger partial charge in [-0.1, -0.05) is 6.07 Å². The van der Waals surface area contributed by atoms with E-state index >= 15 is 0 Å². The fourth-order valence-corrected chi connectivity index (χ4v) is 2.79. The summed E-state index contributed by atoms with van der Waals surface area (Å²) in [6, 6.07) is 11.7. The third kappa shape index (κ3) is 3.25. The molecule has 0 bridgehead atoms. The van der Waals surface area contributed by atoms with Crippen LogP contribution in [0.4, 0.5) is 0 Å². The second kappa shape index (κ2) is 6.45. The summed E-state index contributed by atoms with van der Waals surface area (Å²) in [5.74, 6) is 2.66. The van der Waals surface area contributed by atoms with Gasteiger partial charge < -0.3 is 14.0 Å². The number of imidazole rings is 1. The molecule has 2 aromatic heterocycles. The summed E-state index contributed by atoms with van der Waals surface area (Å²) >= 11 is 1.69. The molecule has 0 atom stereocenters. The number of nitrogens with zero attached hydrogens (tertiary/aromatic N) is 2. The van der Waals surface area contributed by atoms with E-state index in [-0.39, 0.29) is 0 Å². The zero-order chi connectivity index (χ0) is 14.5. The molecule has 3 aromatic rings. The predicted molar refractivity (Wildman–Crippen MR) is 84.0 cm³/mol. The number of aromatic nitrogens is 2. The highest BCUT2D eigenvalue weighted by atomic mass is 32.1. The normalized spacial score (nSPS) is 10.5. The Balaban J connectivity index is 1.59. The van der Waals surface area contributed by atoms with Gasteiger partial charge in [0.2, 0.25) is 0 Å². The van der Waals surface area contributed by atoms with Crippen LogP contribution in [0.25, 0.3) is 10.7 Å². The smallest absolute Gasteiger partial charge is 0.150 e. The summed E-state index contributed by atoms with van der Waals surface area (Å²) in [6.07, 6.45) is 3.80. The van der Waals surface area contributed by atoms with Gasteiger partial charge in [0, 0.05) is 12.4 Å². The Morgan fingerprint density at radius 1 is 1.14 bits per heavy atom. The van der Waals surface area contributed by atoms with Crippen LogP contribution in [0.15, 0.2) is 54.2 Å². The molecule has 0 amide bonds. The van der Waals surface area contributed by atoms with E-state index in [1.165, 1.54) is 4.88 Å². The minimum Gasteiger partial charge on any atom is -0.497 e. The summed E-state index contributed by atoms with van der Waals surface area (Å²) < 4.78 is 13.0. The summed E-state index contributed by atoms with van der Waals surface area (Å²) in [5.41, 5.74) is 0. The van der Waals surface area contributed by atoms with Crippen molar-refractivity contribution >= 4 is 11.3 Å². The van der Waals surface area contributed by atoms with E-state index in [0.29, 0.717) is 6.61 Å². The van der Waals surface area contributed by atoms with Crippen molar-refractivity contribution in [2.24, 2.45) is 0 Å². The summed E-state index contributed by atoms with van der Waals surface area (Å²) in [7, 11) is 1.65. The molecule has 0 spiro atoms. The van der Waals surface area contributed by atoms with Crippen LogP contribution in [-0.4, -0.2) is 23.3 Å². The van der Waals surface area contributed by atoms with Gasteiger partial charge in [0.1, 0.15) is 23.9 Å². The SMILES string of the molecule is COc1ccc(OCCn2ccnc2-c2cccs2)cc1. The van der Waals surface area contributed by atoms with Crippen molar-refractivity contribution in [1.82, 2.24) is 9.55 Å². The van der Waals surface area contributed by atoms with Gasteiger partial charge in [-0.3, -0.25) is 0 Å². The van der Waals surface area contributed by atoms with Gasteiger partial charge in [0.25, 0.3) is 0 Å². The molecular weight excluding hydrogens is 284 g/mol. The number of rotatable bonds is 6. The largest absolute Gasteiger partial charge is 0.497 e. The molecule has 21 heavy (non-hydrogen) atoms. The Morgan fingerprint density at radius 2 is 1.95 bits per heavy atom. The highest BCUT2D eigenvalue weighted by molar-refractivity contribution is 7.13. The van der Waals surface area contributed by atoms with E-state index in [9.17, 15) is 0 Å². The highest BCUT2D eigenvalue weighted by Gasteiger charge is 2.06. The second-order valence-corrected chi connectivity index (χ2v) is 5.39. The van der Waals surface area contributed by atoms with Crippen LogP contribution in [0.2, 0.25) is 0 Å². The van der Waals surface area contributed by atoms with Crippen LogP contribution in [-0.2, 0) is 6.54 Å². The molecule has 0 N–H and O–H groups in total. The van der Waals surface area contributed by atoms with Crippen LogP contribution in [0, 0.1) is 0 Å². The molecule has 2 heterocycles. The van der Waals surface area contributed by atoms with Gasteiger partial charge in [-0.05, 0) is 35.7 Å². The Hall–Kier alpha value is -2.27. The van der Waals surface area contributed by atoms with Crippen molar-refractivity contribution in [3.63, 3.8) is 0 Å². The Morgan fingerprint density at radius 3 is 2.67 bits per heavy atom. The van der Waals surface area contributed by atoms with Crippen molar-refractivity contribution < 1.29 is 9.47 Å². The standard InChI is InChI=1S/C16H16N2O2S/c1-19-13-4-6-14(7-5-13)20-11-10-18-9-8-17-16(18)15-3-2-12-21-15/h2-9,12H,10-11H2,1H3. The van der Waals surface area contributed by atoms with E-state index in [4.69, 9.17) is 9.47 Å². The monoisotopic (exact) mass is 300 g/mol. The number of hydrogen-bond donors (Lipinski definition) is 0. The molecule has 3 rings (SSSR count). The van der Waals surface area contributed by atoms with Gasteiger partial charge in [-0.2, -0.15) is 0 Å². The maximum Gasteiger partial charge on any atom is 0.150 e. The van der Waals surface area contributed by atoms with Gasteiger partial charge in [-0.25, -0.2) is 4.98 Å². The maximum absolute atomic E-state index is 5.75. The average Bonchev–Trinajstić information content (AvgIpc) is 3.18. The molecule has 0 aliphatic heterocycles. The van der Waals surface area contributed by atoms with Crippen LogP contribution in [0.3, 0.4) is 0 Å². The van der Waals surface area contributed by atoms with E-state index in [0.717, 1.165) is 23.9 Å². The Kier molecular flexibility index (Phi) is 4.21. The van der Waals surface area contributed by atoms with Crippen molar-refractivity contribution in [3.05, 3.63) is 54.2 Å². The first-order chi connectivity index (χ1) is 10.4. The number of benzene rings is 1. The van der Waals surface area contributed by atoms with Gasteiger partial charge in [0.15, 0.2) is 0 Å². The van der Waals surface area contributed by atoms with Gasteiger partial charge in [-0.15, -0.1) is 11.3 Å². The highest BCUT2D eigenvalue weighted by Crippen LogP contribution is 2.23. The third-order valence-electron chi connectivity index (χ3n) is 3.12. The van der Waals surface area contributed by atoms with E-state index in [1.807, 2.05) is 42.7 Å². The topological polar surface area (TPSA) is 36.3 Å². The zero-order valence-electron chi connectivity index (χ0n) is 11.7. The average molecular weight is 300 g/mol. The van der Waals surface area contributed by atoms with Gasteiger partial charge >= 0.3 is 0 Å². The molecule has 108 valence electrons. The number of hydrogen-bond acceptors (Lipinski definition) is 4. The Labute approximate surface area is 127 Å². The third-order valence-corrected chi connectivity index (χ3v) is 3.98. The number of ether oxygens (including phenoxy) is 2. The van der Waals surface area contributed by atoms with Crippen molar-refractivity contribution in [3.8, 4) is 22.2 Å². The first kappa shape index (κ1) is 13.7. The number of methoxy groups -OCH3 is 1. The molecule has 1 aromatic carbocycles. The minimum atomic E-state index is 0.598. The molecule has 0 aliphatic carbocycles. The first-order valence-corrected chi connectivity index (χ1v) is 7.56. The van der Waals surface area contributed by atoms with Crippen molar-refractivity contribution in [2.75, 3.05) is 13.7 Å². The van der Waals surface area contributed by atoms with Gasteiger partial charge in [0.05, 0.1) is 18.5 Å². The first-order valence-electron chi connectivity index (χ1n) is 6.68. The summed E-state index contributed by atoms with van der Waals surface area (Å²) in [6.45, 7) is 1.36. The molecule has 0 unspecified atom stereocenters. The van der Waals surface area contributed by atoms with Crippen molar-refractivity contribution in [2.45, 2.75) is 6.54 Å². The van der Waals surface area contributed by atoms with Crippen LogP contribution in [0.1, 0.15) is 0 Å². The quantitative estimate of drug-likeness (QED) is 0.696. The Bertz CT molecular complexity index is 675. The van der Waals surface area contributed by atoms with E-state index < -0.39 is 0 Å². The number of thiophene rings is 1. The second-order valence-electron chi connectivity index (χ2n) is 4.45. The van der Waals surface area contributed by atoms with Crippen LogP contribution in [0.5, 0.6) is 11.5 Å². The van der Waals surface area contributed by atoms with E-state index in [1.54, 1.807) is 18.4 Å². The van der Waals surface area contributed by atoms with Crippen LogP contribution >= 0.6 is 11.3 Å². The molecule has 0 radical (unpaired) electrons. The summed E-state index contributed by atoms with van der Waals surface area (Å²) in [5, 5.41) is 2.06. The molecule has 0 fully saturated rings. The molecule has 0 saturated heterocycles. The lowest BCUT2D eigenvalue weighted by molar-refractivity contribution is 0.298. The molecule has 0 aliphatic rings. The predicted octanol–water partition coefficient (Wildman–Crippen LogP) is 3.70. The van der Waals surface area contributed by atoms with Crippen LogP contribution < -0.4 is 9.47 Å². The zero-order valence-corrected chi connectivity index (χ0v) is 12.5. The molecule has 0 saturated carbocycles. The lowest BCUT2D eigenvalue weighted by Gasteiger charge is -2.09. The fraction of sp³-hybridized carbons (Fsp3) is 0.188. The molecule has 4 nitrogen and oxygen atoms in total. The minimum absolute atomic E-state index is 0.598. The lowest BCUT2D eigenvalue weighted by atomic mass is 10.3. The summed E-state index contributed by atoms with van der Waals surface area (Å²) in [4.78, 5) is 5.58. The molecular formula is C16H16N2O2S. The fourth-order valence-electron chi connectivity index (χ4n) is 2.05. The maximum atomic E-state index is 5.75. The lowest BCUT2D eigenvalue weighted by Crippen LogP contribution is -2.08. The van der Waals surface area contributed by atoms with Crippen molar-refractivity contribution in [1.29, 1.82) is 0 Å².